The second-order valence-electron chi connectivity index (χ2n) is 8.55. The molecule has 0 aliphatic carbocycles. The number of hydrogen-bond acceptors (Lipinski definition) is 5. The minimum Gasteiger partial charge on any atom is -0.353 e. The number of nitrogens with one attached hydrogen (secondary N) is 1. The van der Waals surface area contributed by atoms with Crippen LogP contribution in [-0.2, 0) is 4.79 Å². The zero-order valence-electron chi connectivity index (χ0n) is 18.2. The van der Waals surface area contributed by atoms with Crippen molar-refractivity contribution in [2.45, 2.75) is 39.2 Å². The van der Waals surface area contributed by atoms with Gasteiger partial charge in [0.05, 0.1) is 23.1 Å². The van der Waals surface area contributed by atoms with Gasteiger partial charge in [0, 0.05) is 38.4 Å². The van der Waals surface area contributed by atoms with E-state index in [1.165, 1.54) is 0 Å². The summed E-state index contributed by atoms with van der Waals surface area (Å²) in [6.45, 7) is 8.59. The predicted octanol–water partition coefficient (Wildman–Crippen LogP) is 2.52. The SMILES string of the molecule is Cc1cnc(N2CCN(C(=O)c3ccc([C@@H]4CC(C)NC4=O)cc3C#N)CC2)c(C)c1. The van der Waals surface area contributed by atoms with Gasteiger partial charge in [-0.05, 0) is 56.0 Å². The Labute approximate surface area is 182 Å². The van der Waals surface area contributed by atoms with Gasteiger partial charge in [-0.2, -0.15) is 5.26 Å². The number of aryl methyl sites for hydroxylation is 2. The summed E-state index contributed by atoms with van der Waals surface area (Å²) < 4.78 is 0. The number of benzene rings is 1. The number of rotatable bonds is 3. The quantitative estimate of drug-likeness (QED) is 0.829. The summed E-state index contributed by atoms with van der Waals surface area (Å²) in [6.07, 6.45) is 2.57. The molecule has 1 unspecified atom stereocenters. The molecule has 160 valence electrons. The Morgan fingerprint density at radius 1 is 1.19 bits per heavy atom. The van der Waals surface area contributed by atoms with Crippen molar-refractivity contribution >= 4 is 17.6 Å². The molecule has 1 aromatic heterocycles. The summed E-state index contributed by atoms with van der Waals surface area (Å²) in [6, 6.07) is 9.60. The lowest BCUT2D eigenvalue weighted by Crippen LogP contribution is -2.49. The van der Waals surface area contributed by atoms with Crippen LogP contribution in [0.2, 0.25) is 0 Å². The van der Waals surface area contributed by atoms with Crippen LogP contribution in [0.3, 0.4) is 0 Å². The Bertz CT molecular complexity index is 1070. The largest absolute Gasteiger partial charge is 0.353 e. The van der Waals surface area contributed by atoms with E-state index in [1.54, 1.807) is 17.0 Å². The monoisotopic (exact) mass is 417 g/mol. The van der Waals surface area contributed by atoms with Crippen LogP contribution in [0.4, 0.5) is 5.82 Å². The minimum atomic E-state index is -0.264. The molecule has 7 nitrogen and oxygen atoms in total. The number of piperazine rings is 1. The van der Waals surface area contributed by atoms with Crippen molar-refractivity contribution in [1.29, 1.82) is 5.26 Å². The first kappa shape index (κ1) is 20.9. The van der Waals surface area contributed by atoms with Crippen LogP contribution < -0.4 is 10.2 Å². The molecule has 0 spiro atoms. The van der Waals surface area contributed by atoms with E-state index in [-0.39, 0.29) is 23.8 Å². The molecule has 2 aliphatic rings. The number of amides is 2. The van der Waals surface area contributed by atoms with E-state index in [2.05, 4.69) is 34.3 Å². The average molecular weight is 418 g/mol. The van der Waals surface area contributed by atoms with Crippen LogP contribution in [0, 0.1) is 25.2 Å². The predicted molar refractivity (Wildman–Crippen MR) is 118 cm³/mol. The van der Waals surface area contributed by atoms with E-state index in [0.717, 1.165) is 22.5 Å². The number of nitrogens with zero attached hydrogens (tertiary/aromatic N) is 4. The first-order chi connectivity index (χ1) is 14.9. The van der Waals surface area contributed by atoms with Crippen molar-refractivity contribution in [3.63, 3.8) is 0 Å². The first-order valence-corrected chi connectivity index (χ1v) is 10.7. The molecule has 0 radical (unpaired) electrons. The van der Waals surface area contributed by atoms with Crippen molar-refractivity contribution in [1.82, 2.24) is 15.2 Å². The Balaban J connectivity index is 1.47. The molecule has 3 heterocycles. The summed E-state index contributed by atoms with van der Waals surface area (Å²) in [5.74, 6) is 0.538. The highest BCUT2D eigenvalue weighted by Gasteiger charge is 2.32. The lowest BCUT2D eigenvalue weighted by molar-refractivity contribution is -0.120. The van der Waals surface area contributed by atoms with Gasteiger partial charge in [0.2, 0.25) is 5.91 Å². The van der Waals surface area contributed by atoms with Gasteiger partial charge in [0.15, 0.2) is 0 Å². The minimum absolute atomic E-state index is 0.0217. The van der Waals surface area contributed by atoms with Crippen molar-refractivity contribution in [3.05, 3.63) is 58.3 Å². The van der Waals surface area contributed by atoms with E-state index in [1.807, 2.05) is 26.1 Å². The zero-order chi connectivity index (χ0) is 22.1. The van der Waals surface area contributed by atoms with E-state index in [4.69, 9.17) is 0 Å². The summed E-state index contributed by atoms with van der Waals surface area (Å²) in [7, 11) is 0. The molecule has 31 heavy (non-hydrogen) atoms. The van der Waals surface area contributed by atoms with Crippen molar-refractivity contribution in [2.24, 2.45) is 0 Å². The number of carbonyl (C=O) groups is 2. The fourth-order valence-corrected chi connectivity index (χ4v) is 4.54. The smallest absolute Gasteiger partial charge is 0.255 e. The first-order valence-electron chi connectivity index (χ1n) is 10.7. The molecule has 2 aromatic rings. The highest BCUT2D eigenvalue weighted by molar-refractivity contribution is 5.97. The maximum atomic E-state index is 13.1. The molecule has 7 heteroatoms. The molecule has 2 saturated heterocycles. The van der Waals surface area contributed by atoms with Crippen molar-refractivity contribution in [3.8, 4) is 6.07 Å². The molecule has 0 bridgehead atoms. The van der Waals surface area contributed by atoms with Gasteiger partial charge in [0.25, 0.3) is 5.91 Å². The molecule has 1 aromatic carbocycles. The Morgan fingerprint density at radius 3 is 2.55 bits per heavy atom. The van der Waals surface area contributed by atoms with Gasteiger partial charge in [-0.3, -0.25) is 9.59 Å². The second-order valence-corrected chi connectivity index (χ2v) is 8.55. The summed E-state index contributed by atoms with van der Waals surface area (Å²) in [5, 5.41) is 12.6. The summed E-state index contributed by atoms with van der Waals surface area (Å²) in [5.41, 5.74) is 3.78. The van der Waals surface area contributed by atoms with Crippen molar-refractivity contribution < 1.29 is 9.59 Å². The van der Waals surface area contributed by atoms with Gasteiger partial charge in [-0.15, -0.1) is 0 Å². The standard InChI is InChI=1S/C24H27N5O2/c1-15-10-16(2)22(26-14-15)28-6-8-29(9-7-28)24(31)20-5-4-18(12-19(20)13-25)21-11-17(3)27-23(21)30/h4-5,10,12,14,17,21H,6-9,11H2,1-3H3,(H,27,30)/t17?,21-/m0/s1. The maximum Gasteiger partial charge on any atom is 0.255 e. The third-order valence-electron chi connectivity index (χ3n) is 6.15. The van der Waals surface area contributed by atoms with Crippen LogP contribution in [0.5, 0.6) is 0 Å². The van der Waals surface area contributed by atoms with E-state index >= 15 is 0 Å². The summed E-state index contributed by atoms with van der Waals surface area (Å²) in [4.78, 5) is 33.9. The van der Waals surface area contributed by atoms with Crippen LogP contribution in [0.25, 0.3) is 0 Å². The second kappa shape index (κ2) is 8.38. The molecule has 4 rings (SSSR count). The van der Waals surface area contributed by atoms with Crippen LogP contribution in [0.15, 0.2) is 30.5 Å². The molecule has 2 aliphatic heterocycles. The van der Waals surface area contributed by atoms with Gasteiger partial charge in [-0.25, -0.2) is 4.98 Å². The fourth-order valence-electron chi connectivity index (χ4n) is 4.54. The van der Waals surface area contributed by atoms with E-state index < -0.39 is 0 Å². The molecule has 2 amide bonds. The van der Waals surface area contributed by atoms with E-state index in [0.29, 0.717) is 43.7 Å². The number of carbonyl (C=O) groups excluding carboxylic acids is 2. The zero-order valence-corrected chi connectivity index (χ0v) is 18.2. The number of pyridine rings is 1. The number of hydrogen-bond donors (Lipinski definition) is 1. The lowest BCUT2D eigenvalue weighted by Gasteiger charge is -2.36. The third kappa shape index (κ3) is 4.11. The summed E-state index contributed by atoms with van der Waals surface area (Å²) >= 11 is 0. The molecule has 1 N–H and O–H groups in total. The van der Waals surface area contributed by atoms with Gasteiger partial charge >= 0.3 is 0 Å². The Hall–Kier alpha value is -3.40. The highest BCUT2D eigenvalue weighted by Crippen LogP contribution is 2.29. The fraction of sp³-hybridized carbons (Fsp3) is 0.417. The number of nitriles is 1. The molecular weight excluding hydrogens is 390 g/mol. The van der Waals surface area contributed by atoms with Gasteiger partial charge in [-0.1, -0.05) is 12.1 Å². The number of aromatic nitrogens is 1. The van der Waals surface area contributed by atoms with Crippen molar-refractivity contribution in [2.75, 3.05) is 31.1 Å². The normalized spacial score (nSPS) is 21.0. The lowest BCUT2D eigenvalue weighted by atomic mass is 9.92. The molecule has 2 fully saturated rings. The topological polar surface area (TPSA) is 89.3 Å². The van der Waals surface area contributed by atoms with Gasteiger partial charge in [0.1, 0.15) is 5.82 Å². The maximum absolute atomic E-state index is 13.1. The Morgan fingerprint density at radius 2 is 1.94 bits per heavy atom. The average Bonchev–Trinajstić information content (AvgIpc) is 3.11. The number of anilines is 1. The molecular formula is C24H27N5O2. The van der Waals surface area contributed by atoms with Gasteiger partial charge < -0.3 is 15.1 Å². The van der Waals surface area contributed by atoms with E-state index in [9.17, 15) is 14.9 Å². The molecule has 0 saturated carbocycles. The third-order valence-corrected chi connectivity index (χ3v) is 6.15. The van der Waals surface area contributed by atoms with Crippen LogP contribution in [-0.4, -0.2) is 53.9 Å². The molecule has 2 atom stereocenters. The Kier molecular flexibility index (Phi) is 5.64. The highest BCUT2D eigenvalue weighted by atomic mass is 16.2. The van der Waals surface area contributed by atoms with Crippen LogP contribution in [0.1, 0.15) is 51.9 Å². The van der Waals surface area contributed by atoms with Crippen LogP contribution >= 0.6 is 0 Å².